The van der Waals surface area contributed by atoms with Gasteiger partial charge in [0.2, 0.25) is 0 Å². The average molecular weight is 1170 g/mol. The van der Waals surface area contributed by atoms with Gasteiger partial charge < -0.3 is 8.83 Å². The summed E-state index contributed by atoms with van der Waals surface area (Å²) in [5.41, 5.74) is -9.59. The molecule has 2 heteroatoms. The van der Waals surface area contributed by atoms with Gasteiger partial charge in [0, 0.05) is 33.4 Å². The maximum atomic E-state index is 9.99. The standard InChI is InChI=1S/C46H28O.C40H26O/c1-2-13-29(14-3-1)40-27-33(25-32-17-6-7-18-34(32)40)44-35-19-8-10-21-37(35)45(38-22-11-9-20-36(38)44)39-23-12-24-42-46(39)41-26-30-15-4-5-16-31(30)28-43(41)47-42;1-2-13-27-24-37-35(23-26(27)12-1)40-34(21-10-22-36(40)41-37)39-32-18-7-5-16-30(32)38(31-17-6-8-19-33(31)39)29-20-9-14-25-11-3-4-15-28(25)29/h1-28H;1-25,28H/i1D,2D,3D,4D,5D,6D,7D,8D,9D,10D,11D,12D,13D,14D,15D,16D,17D,18D,19D,20D,21D,22D,23D,24D,25D,26D,27D,28D;1D,2D,3D,4D,5D,6D,7D,8D,9D,10D,11D,12D,13D,14D,15D,16D,17D,18D,19D,20D,21D,22D,23D,24D. The van der Waals surface area contributed by atoms with Crippen LogP contribution in [0.1, 0.15) is 76.8 Å². The molecule has 0 saturated heterocycles. The van der Waals surface area contributed by atoms with E-state index >= 15 is 0 Å². The van der Waals surface area contributed by atoms with Gasteiger partial charge in [-0.2, -0.15) is 0 Å². The molecule has 0 fully saturated rings. The van der Waals surface area contributed by atoms with Crippen molar-refractivity contribution in [3.63, 3.8) is 0 Å². The molecule has 0 saturated carbocycles. The van der Waals surface area contributed by atoms with E-state index in [0.29, 0.717) is 0 Å². The van der Waals surface area contributed by atoms with Gasteiger partial charge in [0.1, 0.15) is 22.3 Å². The molecular weight excluding hydrogens is 1060 g/mol. The minimum atomic E-state index is -1.77. The fourth-order valence-electron chi connectivity index (χ4n) is 11.3. The van der Waals surface area contributed by atoms with Crippen molar-refractivity contribution in [1.29, 1.82) is 0 Å². The van der Waals surface area contributed by atoms with Crippen LogP contribution in [0.15, 0.2) is 323 Å². The smallest absolute Gasteiger partial charge is 0.136 e. The van der Waals surface area contributed by atoms with Crippen LogP contribution in [0, 0.1) is 11.8 Å². The van der Waals surface area contributed by atoms with Gasteiger partial charge in [-0.3, -0.25) is 0 Å². The van der Waals surface area contributed by atoms with Gasteiger partial charge in [0.25, 0.3) is 0 Å². The molecule has 0 N–H and O–H groups in total. The first-order valence-corrected chi connectivity index (χ1v) is 26.3. The van der Waals surface area contributed by atoms with E-state index < -0.39 is 501 Å². The van der Waals surface area contributed by atoms with Gasteiger partial charge in [-0.1, -0.05) is 266 Å². The molecule has 2 aromatic heterocycles. The number of rotatable bonds is 5. The molecule has 2 unspecified atom stereocenters. The van der Waals surface area contributed by atoms with Gasteiger partial charge >= 0.3 is 0 Å². The van der Waals surface area contributed by atoms with E-state index in [1.807, 2.05) is 0 Å². The van der Waals surface area contributed by atoms with Gasteiger partial charge in [0.05, 0.1) is 71.3 Å². The van der Waals surface area contributed by atoms with E-state index in [1.54, 1.807) is 0 Å². The highest BCUT2D eigenvalue weighted by Crippen LogP contribution is 2.51. The molecule has 2 atom stereocenters. The van der Waals surface area contributed by atoms with Crippen LogP contribution in [0.5, 0.6) is 0 Å². The molecule has 410 valence electrons. The normalized spacial score (nSPS) is 23.8. The van der Waals surface area contributed by atoms with Crippen molar-refractivity contribution in [2.24, 2.45) is 11.8 Å². The number of fused-ring (bicyclic) bond motifs is 14. The molecule has 88 heavy (non-hydrogen) atoms. The summed E-state index contributed by atoms with van der Waals surface area (Å²) in [7, 11) is 0. The van der Waals surface area contributed by atoms with Crippen molar-refractivity contribution in [2.75, 3.05) is 0 Å². The molecule has 0 aliphatic heterocycles. The van der Waals surface area contributed by atoms with Crippen molar-refractivity contribution in [2.45, 2.75) is 0 Å². The largest absolute Gasteiger partial charge is 0.456 e. The van der Waals surface area contributed by atoms with Crippen LogP contribution in [0.4, 0.5) is 0 Å². The van der Waals surface area contributed by atoms with Crippen LogP contribution in [-0.2, 0) is 0 Å². The van der Waals surface area contributed by atoms with Gasteiger partial charge in [-0.05, 0) is 179 Å². The zero-order valence-electron chi connectivity index (χ0n) is 96.0. The average Bonchev–Trinajstić information content (AvgIpc) is 1.08. The summed E-state index contributed by atoms with van der Waals surface area (Å²) in [5, 5.41) is -11.1. The van der Waals surface area contributed by atoms with Crippen LogP contribution >= 0.6 is 0 Å². The van der Waals surface area contributed by atoms with E-state index in [0.717, 1.165) is 0 Å². The fourth-order valence-corrected chi connectivity index (χ4v) is 11.3. The number of hydrogen-bond acceptors (Lipinski definition) is 2. The van der Waals surface area contributed by atoms with Crippen LogP contribution < -0.4 is 0 Å². The van der Waals surface area contributed by atoms with Gasteiger partial charge in [-0.15, -0.1) is 0 Å². The third-order valence-corrected chi connectivity index (χ3v) is 14.9. The van der Waals surface area contributed by atoms with E-state index in [1.165, 1.54) is 0 Å². The van der Waals surface area contributed by atoms with Crippen LogP contribution in [0.25, 0.3) is 169 Å². The minimum Gasteiger partial charge on any atom is -0.456 e. The quantitative estimate of drug-likeness (QED) is 0.161. The topological polar surface area (TPSA) is 26.3 Å². The summed E-state index contributed by atoms with van der Waals surface area (Å²) >= 11 is 0. The zero-order valence-corrected chi connectivity index (χ0v) is 44.0. The number of allylic oxidation sites excluding steroid dienone is 8. The first-order valence-electron chi connectivity index (χ1n) is 52.3. The lowest BCUT2D eigenvalue weighted by molar-refractivity contribution is 0.669. The summed E-state index contributed by atoms with van der Waals surface area (Å²) < 4.78 is 480. The van der Waals surface area contributed by atoms with Crippen LogP contribution in [0.2, 0.25) is 0 Å². The first-order chi connectivity index (χ1) is 65.3. The second-order valence-corrected chi connectivity index (χ2v) is 19.6. The molecule has 0 radical (unpaired) electrons. The molecule has 19 rings (SSSR count). The minimum absolute atomic E-state index is 0.449. The monoisotopic (exact) mass is 1170 g/mol. The van der Waals surface area contributed by atoms with Crippen molar-refractivity contribution < 1.29 is 80.1 Å². The van der Waals surface area contributed by atoms with Crippen molar-refractivity contribution in [3.8, 4) is 44.5 Å². The highest BCUT2D eigenvalue weighted by molar-refractivity contribution is 6.28. The molecule has 0 amide bonds. The highest BCUT2D eigenvalue weighted by Gasteiger charge is 2.29. The lowest BCUT2D eigenvalue weighted by Gasteiger charge is -2.29. The molecule has 0 spiro atoms. The SMILES string of the molecule is [2H]C1=C([2H])C2C([2H])=C([2H])C([2H])=C(c3c4c([2H])c([2H])c([2H])c([2H])c4c(-c4c([2H])c([2H])c([2H])c5oc6c([2H])c7c([2H])c([2H])c([2H])c([2H])c7c([2H])c6c45)c4c([2H])c([2H])c([2H])c([2H])c34)C2C([2H])=C1[2H].[2H]c1c([2H])c([2H])c(-c2c([2H])c(-c3c4c([2H])c([2H])c([2H])c([2H])c4c(-c4c([2H])c([2H])c([2H])c5oc6c([2H])c7c([2H])c([2H])c([2H])c([2H])c7c([2H])c6c45)c4c([2H])c([2H])c([2H])c([2H])c34)c([2H])c3c([2H])c([2H])c([2H])c([2H])c23)c([2H])c1[2H]. The third kappa shape index (κ3) is 7.89. The number of furan rings is 2. The molecule has 15 aromatic carbocycles. The predicted molar refractivity (Wildman–Crippen MR) is 374 cm³/mol. The maximum absolute atomic E-state index is 9.99. The Bertz CT molecular complexity index is 8940. The Labute approximate surface area is 581 Å². The van der Waals surface area contributed by atoms with E-state index in [4.69, 9.17) is 58.2 Å². The zero-order chi connectivity index (χ0) is 103. The third-order valence-electron chi connectivity index (χ3n) is 14.9. The fraction of sp³-hybridized carbons (Fsp3) is 0.0233. The second kappa shape index (κ2) is 20.2. The summed E-state index contributed by atoms with van der Waals surface area (Å²) in [5.74, 6) is -3.46. The number of hydrogen-bond donors (Lipinski definition) is 0. The maximum Gasteiger partial charge on any atom is 0.136 e. The lowest BCUT2D eigenvalue weighted by Crippen LogP contribution is -2.15. The Morgan fingerprint density at radius 2 is 0.670 bits per heavy atom. The summed E-state index contributed by atoms with van der Waals surface area (Å²) in [6, 6.07) is -46.3. The summed E-state index contributed by atoms with van der Waals surface area (Å²) in [4.78, 5) is 0. The molecule has 2 aliphatic carbocycles. The Morgan fingerprint density at radius 1 is 0.261 bits per heavy atom. The Balaban J connectivity index is 0.000000187. The lowest BCUT2D eigenvalue weighted by atomic mass is 9.74. The van der Waals surface area contributed by atoms with Crippen molar-refractivity contribution in [3.05, 3.63) is 320 Å². The molecule has 0 bridgehead atoms. The molecule has 2 nitrogen and oxygen atoms in total. The Hall–Kier alpha value is -11.3. The second-order valence-electron chi connectivity index (χ2n) is 19.6. The molecule has 2 heterocycles. The number of benzene rings is 15. The van der Waals surface area contributed by atoms with Crippen molar-refractivity contribution in [1.82, 2.24) is 0 Å². The van der Waals surface area contributed by atoms with Gasteiger partial charge in [0.15, 0.2) is 0 Å². The molecule has 17 aromatic rings. The van der Waals surface area contributed by atoms with E-state index in [9.17, 15) is 21.9 Å². The Morgan fingerprint density at radius 3 is 1.18 bits per heavy atom. The predicted octanol–water partition coefficient (Wildman–Crippen LogP) is 24.2. The van der Waals surface area contributed by atoms with E-state index in [-0.39, 0.29) is 0 Å². The highest BCUT2D eigenvalue weighted by atomic mass is 16.3. The summed E-state index contributed by atoms with van der Waals surface area (Å²) in [6.45, 7) is 0. The first kappa shape index (κ1) is 20.7. The molecular formula is C86H54O2. The van der Waals surface area contributed by atoms with E-state index in [2.05, 4.69) is 0 Å². The van der Waals surface area contributed by atoms with Crippen LogP contribution in [-0.4, -0.2) is 0 Å². The summed E-state index contributed by atoms with van der Waals surface area (Å²) in [6.07, 6.45) is 0. The van der Waals surface area contributed by atoms with Crippen LogP contribution in [0.3, 0.4) is 0 Å². The van der Waals surface area contributed by atoms with Crippen molar-refractivity contribution >= 4 is 125 Å². The van der Waals surface area contributed by atoms with Gasteiger partial charge in [-0.25, -0.2) is 0 Å². The Kier molecular flexibility index (Phi) is 4.74. The molecule has 2 aliphatic rings.